The second-order valence-corrected chi connectivity index (χ2v) is 3.51. The molecular formula is C4H7F3O4S. The molecule has 0 spiro atoms. The van der Waals surface area contributed by atoms with Gasteiger partial charge in [-0.1, -0.05) is 0 Å². The first-order chi connectivity index (χ1) is 5.23. The quantitative estimate of drug-likeness (QED) is 0.646. The van der Waals surface area contributed by atoms with E-state index in [4.69, 9.17) is 9.66 Å². The van der Waals surface area contributed by atoms with Crippen LogP contribution in [0.1, 0.15) is 6.42 Å². The number of halogens is 3. The molecule has 1 unspecified atom stereocenters. The van der Waals surface area contributed by atoms with Gasteiger partial charge in [0.2, 0.25) is 0 Å². The van der Waals surface area contributed by atoms with Gasteiger partial charge in [-0.25, -0.2) is 4.39 Å². The molecule has 8 heteroatoms. The normalized spacial score (nSPS) is 16.1. The zero-order valence-corrected chi connectivity index (χ0v) is 6.56. The fourth-order valence-corrected chi connectivity index (χ4v) is 0.884. The summed E-state index contributed by atoms with van der Waals surface area (Å²) < 4.78 is 64.2. The SMILES string of the molecule is O=S(=O)(O)C(F)(F)C(F)CCO. The first-order valence-corrected chi connectivity index (χ1v) is 4.27. The molecule has 0 bridgehead atoms. The number of alkyl halides is 3. The van der Waals surface area contributed by atoms with Crippen LogP contribution in [0, 0.1) is 0 Å². The summed E-state index contributed by atoms with van der Waals surface area (Å²) in [5.41, 5.74) is 0. The molecule has 2 N–H and O–H groups in total. The van der Waals surface area contributed by atoms with E-state index in [0.29, 0.717) is 0 Å². The van der Waals surface area contributed by atoms with Crippen molar-refractivity contribution in [2.24, 2.45) is 0 Å². The van der Waals surface area contributed by atoms with Gasteiger partial charge in [-0.2, -0.15) is 17.2 Å². The van der Waals surface area contributed by atoms with Crippen molar-refractivity contribution < 1.29 is 31.2 Å². The predicted molar refractivity (Wildman–Crippen MR) is 33.1 cm³/mol. The van der Waals surface area contributed by atoms with E-state index in [1.165, 1.54) is 0 Å². The maximum atomic E-state index is 12.2. The molecule has 12 heavy (non-hydrogen) atoms. The monoisotopic (exact) mass is 208 g/mol. The molecule has 0 amide bonds. The molecule has 0 aliphatic heterocycles. The standard InChI is InChI=1S/C4H7F3O4S/c5-3(1-2-8)4(6,7)12(9,10)11/h3,8H,1-2H2,(H,9,10,11). The Morgan fingerprint density at radius 3 is 2.08 bits per heavy atom. The van der Waals surface area contributed by atoms with Gasteiger partial charge in [0.25, 0.3) is 0 Å². The topological polar surface area (TPSA) is 74.6 Å². The summed E-state index contributed by atoms with van der Waals surface area (Å²) in [5, 5.41) is 3.16. The van der Waals surface area contributed by atoms with Crippen LogP contribution in [0.25, 0.3) is 0 Å². The van der Waals surface area contributed by atoms with E-state index in [1.54, 1.807) is 0 Å². The number of hydrogen-bond acceptors (Lipinski definition) is 3. The van der Waals surface area contributed by atoms with Crippen molar-refractivity contribution in [3.8, 4) is 0 Å². The number of aliphatic hydroxyl groups excluding tert-OH is 1. The smallest absolute Gasteiger partial charge is 0.396 e. The second kappa shape index (κ2) is 3.58. The Kier molecular flexibility index (Phi) is 3.48. The van der Waals surface area contributed by atoms with Crippen LogP contribution in [0.5, 0.6) is 0 Å². The van der Waals surface area contributed by atoms with Gasteiger partial charge in [0, 0.05) is 13.0 Å². The molecule has 74 valence electrons. The van der Waals surface area contributed by atoms with E-state index in [-0.39, 0.29) is 0 Å². The van der Waals surface area contributed by atoms with Crippen molar-refractivity contribution in [1.82, 2.24) is 0 Å². The Morgan fingerprint density at radius 1 is 1.42 bits per heavy atom. The molecule has 4 nitrogen and oxygen atoms in total. The van der Waals surface area contributed by atoms with Crippen LogP contribution in [0.3, 0.4) is 0 Å². The molecule has 0 rings (SSSR count). The zero-order valence-electron chi connectivity index (χ0n) is 5.74. The molecule has 0 aromatic carbocycles. The Labute approximate surface area is 66.8 Å². The molecule has 0 aliphatic carbocycles. The van der Waals surface area contributed by atoms with Crippen molar-refractivity contribution in [2.45, 2.75) is 17.8 Å². The fourth-order valence-electron chi connectivity index (χ4n) is 0.443. The van der Waals surface area contributed by atoms with E-state index in [1.807, 2.05) is 0 Å². The minimum atomic E-state index is -5.74. The van der Waals surface area contributed by atoms with Gasteiger partial charge >= 0.3 is 15.4 Å². The van der Waals surface area contributed by atoms with Crippen LogP contribution in [0.2, 0.25) is 0 Å². The highest BCUT2D eigenvalue weighted by Crippen LogP contribution is 2.28. The largest absolute Gasteiger partial charge is 0.400 e. The van der Waals surface area contributed by atoms with Gasteiger partial charge in [-0.05, 0) is 0 Å². The summed E-state index contributed by atoms with van der Waals surface area (Å²) in [5.74, 6) is 0. The predicted octanol–water partition coefficient (Wildman–Crippen LogP) is 0.188. The van der Waals surface area contributed by atoms with E-state index >= 15 is 0 Å². The Hall–Kier alpha value is -0.340. The maximum Gasteiger partial charge on any atom is 0.400 e. The summed E-state index contributed by atoms with van der Waals surface area (Å²) in [6.07, 6.45) is -4.15. The Bertz CT molecular complexity index is 237. The van der Waals surface area contributed by atoms with Crippen molar-refractivity contribution in [2.75, 3.05) is 6.61 Å². The average Bonchev–Trinajstić information content (AvgIpc) is 1.85. The van der Waals surface area contributed by atoms with Crippen molar-refractivity contribution >= 4 is 10.1 Å². The molecule has 0 aliphatic rings. The molecule has 0 aromatic rings. The molecule has 0 saturated heterocycles. The average molecular weight is 208 g/mol. The summed E-state index contributed by atoms with van der Waals surface area (Å²) in [7, 11) is -5.74. The highest BCUT2D eigenvalue weighted by molar-refractivity contribution is 7.86. The highest BCUT2D eigenvalue weighted by Gasteiger charge is 2.52. The first kappa shape index (κ1) is 11.7. The van der Waals surface area contributed by atoms with Crippen molar-refractivity contribution in [1.29, 1.82) is 0 Å². The minimum absolute atomic E-state index is 0.924. The van der Waals surface area contributed by atoms with Gasteiger partial charge in [0.05, 0.1) is 0 Å². The molecular weight excluding hydrogens is 201 g/mol. The van der Waals surface area contributed by atoms with Crippen LogP contribution in [0.4, 0.5) is 13.2 Å². The molecule has 1 atom stereocenters. The summed E-state index contributed by atoms with van der Waals surface area (Å²) in [6.45, 7) is -0.924. The molecule has 0 heterocycles. The number of aliphatic hydroxyl groups is 1. The number of hydrogen-bond donors (Lipinski definition) is 2. The molecule has 0 saturated carbocycles. The van der Waals surface area contributed by atoms with Crippen LogP contribution in [-0.4, -0.2) is 36.1 Å². The van der Waals surface area contributed by atoms with Crippen LogP contribution < -0.4 is 0 Å². The third-order valence-electron chi connectivity index (χ3n) is 1.09. The van der Waals surface area contributed by atoms with Gasteiger partial charge in [0.15, 0.2) is 6.17 Å². The summed E-state index contributed by atoms with van der Waals surface area (Å²) in [4.78, 5) is 0. The zero-order chi connectivity index (χ0) is 9.99. The van der Waals surface area contributed by atoms with E-state index in [2.05, 4.69) is 0 Å². The van der Waals surface area contributed by atoms with Crippen LogP contribution in [-0.2, 0) is 10.1 Å². The van der Waals surface area contributed by atoms with Gasteiger partial charge in [-0.3, -0.25) is 4.55 Å². The highest BCUT2D eigenvalue weighted by atomic mass is 32.2. The third-order valence-corrected chi connectivity index (χ3v) is 2.03. The fraction of sp³-hybridized carbons (Fsp3) is 1.00. The van der Waals surface area contributed by atoms with E-state index < -0.39 is 34.6 Å². The molecule has 0 aromatic heterocycles. The third kappa shape index (κ3) is 2.32. The molecule has 0 radical (unpaired) electrons. The Morgan fingerprint density at radius 2 is 1.83 bits per heavy atom. The van der Waals surface area contributed by atoms with Gasteiger partial charge < -0.3 is 5.11 Å². The second-order valence-electron chi connectivity index (χ2n) is 2.02. The lowest BCUT2D eigenvalue weighted by atomic mass is 10.3. The van der Waals surface area contributed by atoms with E-state index in [9.17, 15) is 21.6 Å². The number of rotatable bonds is 4. The van der Waals surface area contributed by atoms with Gasteiger partial charge in [0.1, 0.15) is 0 Å². The van der Waals surface area contributed by atoms with Crippen LogP contribution in [0.15, 0.2) is 0 Å². The molecule has 0 fully saturated rings. The summed E-state index contributed by atoms with van der Waals surface area (Å²) >= 11 is 0. The van der Waals surface area contributed by atoms with Crippen molar-refractivity contribution in [3.05, 3.63) is 0 Å². The lowest BCUT2D eigenvalue weighted by Gasteiger charge is -2.15. The van der Waals surface area contributed by atoms with E-state index in [0.717, 1.165) is 0 Å². The lowest BCUT2D eigenvalue weighted by molar-refractivity contribution is -0.0124. The van der Waals surface area contributed by atoms with Gasteiger partial charge in [-0.15, -0.1) is 0 Å². The Balaban J connectivity index is 4.62. The first-order valence-electron chi connectivity index (χ1n) is 2.83. The summed E-state index contributed by atoms with van der Waals surface area (Å²) in [6, 6.07) is 0. The van der Waals surface area contributed by atoms with Crippen molar-refractivity contribution in [3.63, 3.8) is 0 Å². The maximum absolute atomic E-state index is 12.2. The van der Waals surface area contributed by atoms with Crippen LogP contribution >= 0.6 is 0 Å². The lowest BCUT2D eigenvalue weighted by Crippen LogP contribution is -2.38. The minimum Gasteiger partial charge on any atom is -0.396 e.